The van der Waals surface area contributed by atoms with Crippen molar-refractivity contribution < 1.29 is 18.0 Å². The molecule has 29 heavy (non-hydrogen) atoms. The van der Waals surface area contributed by atoms with Crippen molar-refractivity contribution >= 4 is 32.6 Å². The van der Waals surface area contributed by atoms with Crippen molar-refractivity contribution in [1.82, 2.24) is 9.21 Å². The molecule has 0 aliphatic carbocycles. The summed E-state index contributed by atoms with van der Waals surface area (Å²) in [7, 11) is -3.78. The molecule has 0 spiro atoms. The number of fused-ring (bicyclic) bond motifs is 1. The molecule has 154 valence electrons. The number of likely N-dealkylation sites (tertiary alicyclic amines) is 1. The number of amides is 2. The van der Waals surface area contributed by atoms with Gasteiger partial charge >= 0.3 is 0 Å². The highest BCUT2D eigenvalue weighted by Crippen LogP contribution is 2.30. The molecule has 2 aromatic rings. The first-order valence-electron chi connectivity index (χ1n) is 9.96. The molecule has 2 N–H and O–H groups in total. The maximum absolute atomic E-state index is 13.3. The highest BCUT2D eigenvalue weighted by atomic mass is 32.2. The average molecular weight is 416 g/mol. The molecule has 2 aliphatic heterocycles. The van der Waals surface area contributed by atoms with E-state index in [0.717, 1.165) is 10.8 Å². The van der Waals surface area contributed by atoms with Crippen molar-refractivity contribution in [2.75, 3.05) is 19.6 Å². The van der Waals surface area contributed by atoms with Crippen molar-refractivity contribution in [3.63, 3.8) is 0 Å². The summed E-state index contributed by atoms with van der Waals surface area (Å²) >= 11 is 0. The van der Waals surface area contributed by atoms with E-state index < -0.39 is 16.1 Å². The van der Waals surface area contributed by atoms with Gasteiger partial charge < -0.3 is 10.6 Å². The van der Waals surface area contributed by atoms with Crippen LogP contribution in [0, 0.1) is 5.92 Å². The average Bonchev–Trinajstić information content (AvgIpc) is 3.23. The highest BCUT2D eigenvalue weighted by molar-refractivity contribution is 7.89. The van der Waals surface area contributed by atoms with Gasteiger partial charge in [-0.25, -0.2) is 8.42 Å². The SMILES string of the molecule is NC(=O)C1CCN(C(=O)[C@@H]2CCCN2S(=O)(=O)c2ccc3ccccc3c2)CC1. The Morgan fingerprint density at radius 1 is 0.931 bits per heavy atom. The molecule has 2 aliphatic rings. The predicted molar refractivity (Wildman–Crippen MR) is 109 cm³/mol. The van der Waals surface area contributed by atoms with E-state index in [1.807, 2.05) is 24.3 Å². The second kappa shape index (κ2) is 7.76. The van der Waals surface area contributed by atoms with Gasteiger partial charge in [-0.3, -0.25) is 9.59 Å². The van der Waals surface area contributed by atoms with Crippen molar-refractivity contribution in [1.29, 1.82) is 0 Å². The number of sulfonamides is 1. The summed E-state index contributed by atoms with van der Waals surface area (Å²) in [6.07, 6.45) is 2.23. The molecule has 0 radical (unpaired) electrons. The van der Waals surface area contributed by atoms with Crippen LogP contribution < -0.4 is 5.73 Å². The topological polar surface area (TPSA) is 101 Å². The van der Waals surface area contributed by atoms with Crippen molar-refractivity contribution in [3.8, 4) is 0 Å². The van der Waals surface area contributed by atoms with Crippen LogP contribution in [0.15, 0.2) is 47.4 Å². The fourth-order valence-electron chi connectivity index (χ4n) is 4.33. The molecule has 2 heterocycles. The molecule has 8 heteroatoms. The first-order chi connectivity index (χ1) is 13.9. The van der Waals surface area contributed by atoms with Gasteiger partial charge in [-0.2, -0.15) is 4.31 Å². The Kier molecular flexibility index (Phi) is 5.31. The Morgan fingerprint density at radius 3 is 2.31 bits per heavy atom. The Labute approximate surface area is 170 Å². The van der Waals surface area contributed by atoms with Gasteiger partial charge in [0.05, 0.1) is 4.90 Å². The van der Waals surface area contributed by atoms with E-state index in [-0.39, 0.29) is 22.6 Å². The second-order valence-electron chi connectivity index (χ2n) is 7.78. The van der Waals surface area contributed by atoms with Gasteiger partial charge in [0, 0.05) is 25.6 Å². The Morgan fingerprint density at radius 2 is 1.62 bits per heavy atom. The molecular weight excluding hydrogens is 390 g/mol. The summed E-state index contributed by atoms with van der Waals surface area (Å²) in [6.45, 7) is 1.21. The third kappa shape index (κ3) is 3.74. The molecule has 1 atom stereocenters. The van der Waals surface area contributed by atoms with Crippen LogP contribution in [0.1, 0.15) is 25.7 Å². The minimum atomic E-state index is -3.78. The summed E-state index contributed by atoms with van der Waals surface area (Å²) in [5.41, 5.74) is 5.36. The van der Waals surface area contributed by atoms with E-state index in [2.05, 4.69) is 0 Å². The molecule has 0 aromatic heterocycles. The predicted octanol–water partition coefficient (Wildman–Crippen LogP) is 1.72. The van der Waals surface area contributed by atoms with Crippen molar-refractivity contribution in [2.45, 2.75) is 36.6 Å². The number of carbonyl (C=O) groups excluding carboxylic acids is 2. The van der Waals surface area contributed by atoms with Crippen LogP contribution in [0.4, 0.5) is 0 Å². The molecule has 2 fully saturated rings. The Hall–Kier alpha value is -2.45. The van der Waals surface area contributed by atoms with Crippen molar-refractivity contribution in [3.05, 3.63) is 42.5 Å². The third-order valence-electron chi connectivity index (χ3n) is 6.03. The van der Waals surface area contributed by atoms with E-state index in [1.54, 1.807) is 23.1 Å². The van der Waals surface area contributed by atoms with Gasteiger partial charge in [-0.1, -0.05) is 30.3 Å². The lowest BCUT2D eigenvalue weighted by molar-refractivity contribution is -0.137. The van der Waals surface area contributed by atoms with Crippen LogP contribution in [-0.2, 0) is 19.6 Å². The summed E-state index contributed by atoms with van der Waals surface area (Å²) in [5.74, 6) is -0.715. The van der Waals surface area contributed by atoms with E-state index in [9.17, 15) is 18.0 Å². The number of benzene rings is 2. The summed E-state index contributed by atoms with van der Waals surface area (Å²) < 4.78 is 28.0. The Bertz CT molecular complexity index is 1040. The highest BCUT2D eigenvalue weighted by Gasteiger charge is 2.42. The minimum Gasteiger partial charge on any atom is -0.369 e. The van der Waals surface area contributed by atoms with E-state index in [0.29, 0.717) is 45.3 Å². The molecule has 7 nitrogen and oxygen atoms in total. The first-order valence-corrected chi connectivity index (χ1v) is 11.4. The number of carbonyl (C=O) groups is 2. The number of nitrogens with zero attached hydrogens (tertiary/aromatic N) is 2. The number of nitrogens with two attached hydrogens (primary N) is 1. The third-order valence-corrected chi connectivity index (χ3v) is 7.93. The number of piperidine rings is 1. The summed E-state index contributed by atoms with van der Waals surface area (Å²) in [6, 6.07) is 12.0. The minimum absolute atomic E-state index is 0.171. The molecule has 0 bridgehead atoms. The smallest absolute Gasteiger partial charge is 0.243 e. The molecule has 4 rings (SSSR count). The fourth-order valence-corrected chi connectivity index (χ4v) is 6.02. The zero-order valence-corrected chi connectivity index (χ0v) is 17.0. The van der Waals surface area contributed by atoms with Gasteiger partial charge in [0.25, 0.3) is 0 Å². The van der Waals surface area contributed by atoms with E-state index in [1.165, 1.54) is 4.31 Å². The largest absolute Gasteiger partial charge is 0.369 e. The molecule has 0 saturated carbocycles. The number of hydrogen-bond acceptors (Lipinski definition) is 4. The zero-order chi connectivity index (χ0) is 20.6. The molecule has 2 saturated heterocycles. The molecule has 2 aromatic carbocycles. The van der Waals surface area contributed by atoms with Crippen LogP contribution in [0.5, 0.6) is 0 Å². The molecular formula is C21H25N3O4S. The molecule has 2 amide bonds. The van der Waals surface area contributed by atoms with Gasteiger partial charge in [0.2, 0.25) is 21.8 Å². The summed E-state index contributed by atoms with van der Waals surface area (Å²) in [5, 5.41) is 1.82. The molecule has 0 unspecified atom stereocenters. The second-order valence-corrected chi connectivity index (χ2v) is 9.68. The van der Waals surface area contributed by atoms with Gasteiger partial charge in [-0.15, -0.1) is 0 Å². The lowest BCUT2D eigenvalue weighted by Gasteiger charge is -2.34. The van der Waals surface area contributed by atoms with Crippen LogP contribution in [-0.4, -0.2) is 55.1 Å². The maximum Gasteiger partial charge on any atom is 0.243 e. The van der Waals surface area contributed by atoms with Gasteiger partial charge in [0.1, 0.15) is 6.04 Å². The van der Waals surface area contributed by atoms with Crippen molar-refractivity contribution in [2.24, 2.45) is 11.7 Å². The lowest BCUT2D eigenvalue weighted by atomic mass is 9.96. The van der Waals surface area contributed by atoms with Crippen LogP contribution in [0.3, 0.4) is 0 Å². The quantitative estimate of drug-likeness (QED) is 0.821. The van der Waals surface area contributed by atoms with Crippen LogP contribution in [0.25, 0.3) is 10.8 Å². The zero-order valence-electron chi connectivity index (χ0n) is 16.2. The lowest BCUT2D eigenvalue weighted by Crippen LogP contribution is -2.50. The summed E-state index contributed by atoms with van der Waals surface area (Å²) in [4.78, 5) is 26.3. The Balaban J connectivity index is 1.55. The number of primary amides is 1. The van der Waals surface area contributed by atoms with E-state index in [4.69, 9.17) is 5.73 Å². The first kappa shape index (κ1) is 19.8. The maximum atomic E-state index is 13.3. The van der Waals surface area contributed by atoms with Crippen LogP contribution in [0.2, 0.25) is 0 Å². The monoisotopic (exact) mass is 415 g/mol. The number of rotatable bonds is 4. The van der Waals surface area contributed by atoms with E-state index >= 15 is 0 Å². The fraction of sp³-hybridized carbons (Fsp3) is 0.429. The van der Waals surface area contributed by atoms with Gasteiger partial charge in [0.15, 0.2) is 0 Å². The standard InChI is InChI=1S/C21H25N3O4S/c22-20(25)16-9-12-23(13-10-16)21(26)19-6-3-11-24(19)29(27,28)18-8-7-15-4-1-2-5-17(15)14-18/h1-2,4-5,7-8,14,16,19H,3,6,9-13H2,(H2,22,25)/t19-/m0/s1. The normalized spacial score (nSPS) is 21.5. The van der Waals surface area contributed by atoms with Gasteiger partial charge in [-0.05, 0) is 48.6 Å². The number of hydrogen-bond donors (Lipinski definition) is 1. The van der Waals surface area contributed by atoms with Crippen LogP contribution >= 0.6 is 0 Å².